The molecule has 0 aliphatic carbocycles. The zero-order chi connectivity index (χ0) is 25.7. The minimum absolute atomic E-state index is 0.0894. The van der Waals surface area contributed by atoms with Crippen LogP contribution in [0.2, 0.25) is 0 Å². The van der Waals surface area contributed by atoms with E-state index in [4.69, 9.17) is 18.5 Å². The van der Waals surface area contributed by atoms with Crippen LogP contribution in [0.15, 0.2) is 0 Å². The van der Waals surface area contributed by atoms with E-state index >= 15 is 0 Å². The van der Waals surface area contributed by atoms with Gasteiger partial charge in [0, 0.05) is 13.0 Å². The summed E-state index contributed by atoms with van der Waals surface area (Å²) in [4.78, 5) is 21.5. The van der Waals surface area contributed by atoms with Crippen LogP contribution < -0.4 is 0 Å². The van der Waals surface area contributed by atoms with Crippen molar-refractivity contribution in [2.24, 2.45) is 0 Å². The molecule has 0 aromatic carbocycles. The van der Waals surface area contributed by atoms with Crippen LogP contribution in [0.5, 0.6) is 0 Å². The summed E-state index contributed by atoms with van der Waals surface area (Å²) in [5, 5.41) is 0. The lowest BCUT2D eigenvalue weighted by molar-refractivity contribution is -0.870. The van der Waals surface area contributed by atoms with Crippen molar-refractivity contribution >= 4 is 13.8 Å². The molecule has 0 heterocycles. The molecule has 0 aliphatic heterocycles. The zero-order valence-electron chi connectivity index (χ0n) is 22.6. The minimum Gasteiger partial charge on any atom is -0.457 e. The SMILES string of the molecule is CCCCCCCCCCCCCCOCC(COP(=O)(O)OCC[N+](C)(C)C)OC(=O)CC. The number of unbranched alkanes of at least 4 members (excludes halogenated alkanes) is 11. The predicted molar refractivity (Wildman–Crippen MR) is 137 cm³/mol. The van der Waals surface area contributed by atoms with Crippen molar-refractivity contribution in [2.45, 2.75) is 103 Å². The first kappa shape index (κ1) is 33.5. The second-order valence-corrected chi connectivity index (χ2v) is 11.5. The van der Waals surface area contributed by atoms with Crippen LogP contribution in [0.25, 0.3) is 0 Å². The zero-order valence-corrected chi connectivity index (χ0v) is 23.5. The molecular formula is C25H53NO7P+. The van der Waals surface area contributed by atoms with Crippen LogP contribution in [0, 0.1) is 0 Å². The van der Waals surface area contributed by atoms with Crippen LogP contribution in [0.4, 0.5) is 0 Å². The van der Waals surface area contributed by atoms with E-state index in [2.05, 4.69) is 6.92 Å². The Bertz CT molecular complexity index is 540. The molecule has 0 amide bonds. The topological polar surface area (TPSA) is 91.3 Å². The van der Waals surface area contributed by atoms with Gasteiger partial charge in [-0.1, -0.05) is 84.5 Å². The van der Waals surface area contributed by atoms with Gasteiger partial charge in [-0.3, -0.25) is 13.8 Å². The quantitative estimate of drug-likeness (QED) is 0.0752. The molecule has 0 bridgehead atoms. The van der Waals surface area contributed by atoms with Gasteiger partial charge in [0.1, 0.15) is 19.3 Å². The molecule has 0 saturated heterocycles. The number of phosphoric acid groups is 1. The van der Waals surface area contributed by atoms with Crippen LogP contribution in [0.3, 0.4) is 0 Å². The van der Waals surface area contributed by atoms with Crippen molar-refractivity contribution in [2.75, 3.05) is 54.1 Å². The lowest BCUT2D eigenvalue weighted by Crippen LogP contribution is -2.37. The molecule has 2 atom stereocenters. The molecule has 1 N–H and O–H groups in total. The van der Waals surface area contributed by atoms with Crippen LogP contribution >= 0.6 is 7.82 Å². The van der Waals surface area contributed by atoms with E-state index in [0.29, 0.717) is 17.6 Å². The fraction of sp³-hybridized carbons (Fsp3) is 0.960. The number of phosphoric ester groups is 1. The summed E-state index contributed by atoms with van der Waals surface area (Å²) in [7, 11) is 1.66. The van der Waals surface area contributed by atoms with E-state index < -0.39 is 19.9 Å². The molecule has 204 valence electrons. The van der Waals surface area contributed by atoms with E-state index in [1.54, 1.807) is 6.92 Å². The van der Waals surface area contributed by atoms with Crippen LogP contribution in [-0.4, -0.2) is 75.6 Å². The Hall–Kier alpha value is -0.500. The van der Waals surface area contributed by atoms with Gasteiger partial charge in [0.2, 0.25) is 0 Å². The van der Waals surface area contributed by atoms with E-state index in [1.807, 2.05) is 21.1 Å². The van der Waals surface area contributed by atoms with Crippen molar-refractivity contribution in [3.05, 3.63) is 0 Å². The van der Waals surface area contributed by atoms with Crippen molar-refractivity contribution < 1.29 is 37.3 Å². The van der Waals surface area contributed by atoms with Gasteiger partial charge >= 0.3 is 13.8 Å². The number of carbonyl (C=O) groups is 1. The first-order valence-corrected chi connectivity index (χ1v) is 14.8. The highest BCUT2D eigenvalue weighted by molar-refractivity contribution is 7.47. The van der Waals surface area contributed by atoms with Gasteiger partial charge < -0.3 is 18.9 Å². The van der Waals surface area contributed by atoms with Crippen molar-refractivity contribution in [3.8, 4) is 0 Å². The maximum absolute atomic E-state index is 12.1. The predicted octanol–water partition coefficient (Wildman–Crippen LogP) is 5.87. The number of nitrogens with zero attached hydrogens (tertiary/aromatic N) is 1. The number of hydrogen-bond donors (Lipinski definition) is 1. The Kier molecular flexibility index (Phi) is 20.4. The highest BCUT2D eigenvalue weighted by Gasteiger charge is 2.26. The number of quaternary nitrogens is 1. The fourth-order valence-electron chi connectivity index (χ4n) is 3.29. The van der Waals surface area contributed by atoms with Gasteiger partial charge in [-0.2, -0.15) is 0 Å². The number of carbonyl (C=O) groups excluding carboxylic acids is 1. The molecule has 0 fully saturated rings. The molecule has 2 unspecified atom stereocenters. The standard InChI is InChI=1S/C25H52NO7P/c1-6-8-9-10-11-12-13-14-15-16-17-18-20-30-22-24(33-25(27)7-2)23-32-34(28,29)31-21-19-26(3,4)5/h24H,6-23H2,1-5H3/p+1. The van der Waals surface area contributed by atoms with Crippen molar-refractivity contribution in [1.29, 1.82) is 0 Å². The fourth-order valence-corrected chi connectivity index (χ4v) is 4.03. The Morgan fingerprint density at radius 3 is 1.82 bits per heavy atom. The average Bonchev–Trinajstić information content (AvgIpc) is 2.76. The third-order valence-electron chi connectivity index (χ3n) is 5.47. The summed E-state index contributed by atoms with van der Waals surface area (Å²) >= 11 is 0. The molecule has 0 spiro atoms. The highest BCUT2D eigenvalue weighted by Crippen LogP contribution is 2.43. The molecule has 0 saturated carbocycles. The average molecular weight is 511 g/mol. The minimum atomic E-state index is -4.21. The molecule has 0 rings (SSSR count). The lowest BCUT2D eigenvalue weighted by Gasteiger charge is -2.24. The van der Waals surface area contributed by atoms with Crippen LogP contribution in [-0.2, 0) is 27.9 Å². The molecule has 0 aliphatic rings. The summed E-state index contributed by atoms with van der Waals surface area (Å²) in [5.41, 5.74) is 0. The Morgan fingerprint density at radius 2 is 1.32 bits per heavy atom. The number of esters is 1. The van der Waals surface area contributed by atoms with Gasteiger partial charge in [-0.25, -0.2) is 4.57 Å². The Labute approximate surface area is 208 Å². The Balaban J connectivity index is 3.96. The maximum Gasteiger partial charge on any atom is 0.472 e. The normalized spacial score (nSPS) is 14.6. The number of ether oxygens (including phenoxy) is 2. The molecule has 8 nitrogen and oxygen atoms in total. The van der Waals surface area contributed by atoms with E-state index in [0.717, 1.165) is 12.8 Å². The molecule has 9 heteroatoms. The summed E-state index contributed by atoms with van der Waals surface area (Å²) in [6.45, 7) is 5.04. The molecule has 0 aromatic rings. The highest BCUT2D eigenvalue weighted by atomic mass is 31.2. The monoisotopic (exact) mass is 510 g/mol. The largest absolute Gasteiger partial charge is 0.472 e. The van der Waals surface area contributed by atoms with Gasteiger partial charge in [0.05, 0.1) is 34.4 Å². The molecule has 34 heavy (non-hydrogen) atoms. The van der Waals surface area contributed by atoms with E-state index in [-0.39, 0.29) is 26.2 Å². The van der Waals surface area contributed by atoms with Crippen LogP contribution in [0.1, 0.15) is 97.3 Å². The summed E-state index contributed by atoms with van der Waals surface area (Å²) in [6, 6.07) is 0. The summed E-state index contributed by atoms with van der Waals surface area (Å²) in [6.07, 6.45) is 14.8. The summed E-state index contributed by atoms with van der Waals surface area (Å²) in [5.74, 6) is -0.402. The third kappa shape index (κ3) is 23.3. The van der Waals surface area contributed by atoms with Gasteiger partial charge in [-0.15, -0.1) is 0 Å². The Morgan fingerprint density at radius 1 is 0.794 bits per heavy atom. The smallest absolute Gasteiger partial charge is 0.457 e. The summed E-state index contributed by atoms with van der Waals surface area (Å²) < 4.78 is 33.7. The maximum atomic E-state index is 12.1. The molecule has 0 aromatic heterocycles. The first-order chi connectivity index (χ1) is 16.1. The molecule has 0 radical (unpaired) electrons. The van der Waals surface area contributed by atoms with E-state index in [9.17, 15) is 14.3 Å². The second-order valence-electron chi connectivity index (χ2n) is 10.0. The number of likely N-dealkylation sites (N-methyl/N-ethyl adjacent to an activating group) is 1. The number of hydrogen-bond acceptors (Lipinski definition) is 6. The second kappa shape index (κ2) is 20.7. The molecular weight excluding hydrogens is 457 g/mol. The van der Waals surface area contributed by atoms with Gasteiger partial charge in [-0.05, 0) is 6.42 Å². The number of rotatable bonds is 24. The van der Waals surface area contributed by atoms with Crippen molar-refractivity contribution in [1.82, 2.24) is 0 Å². The van der Waals surface area contributed by atoms with Crippen molar-refractivity contribution in [3.63, 3.8) is 0 Å². The first-order valence-electron chi connectivity index (χ1n) is 13.3. The van der Waals surface area contributed by atoms with E-state index in [1.165, 1.54) is 64.2 Å². The lowest BCUT2D eigenvalue weighted by atomic mass is 10.1. The van der Waals surface area contributed by atoms with Gasteiger partial charge in [0.25, 0.3) is 0 Å². The third-order valence-corrected chi connectivity index (χ3v) is 6.46. The van der Waals surface area contributed by atoms with Gasteiger partial charge in [0.15, 0.2) is 0 Å².